The van der Waals surface area contributed by atoms with Gasteiger partial charge in [-0.1, -0.05) is 11.8 Å². The molecule has 0 unspecified atom stereocenters. The van der Waals surface area contributed by atoms with E-state index in [9.17, 15) is 9.18 Å². The second-order valence-corrected chi connectivity index (χ2v) is 4.19. The molecule has 2 rings (SSSR count). The second kappa shape index (κ2) is 7.22. The number of hydrogen-bond acceptors (Lipinski definition) is 3. The molecule has 0 saturated carbocycles. The van der Waals surface area contributed by atoms with Crippen molar-refractivity contribution in [1.29, 1.82) is 0 Å². The molecule has 0 aliphatic heterocycles. The third kappa shape index (κ3) is 4.16. The van der Waals surface area contributed by atoms with Crippen LogP contribution >= 0.6 is 0 Å². The summed E-state index contributed by atoms with van der Waals surface area (Å²) in [5.74, 6) is 4.90. The molecule has 1 heterocycles. The van der Waals surface area contributed by atoms with Crippen LogP contribution in [-0.4, -0.2) is 27.6 Å². The first-order chi connectivity index (χ1) is 10.2. The molecule has 6 heteroatoms. The average Bonchev–Trinajstić information content (AvgIpc) is 3.00. The minimum atomic E-state index is -0.564. The molecule has 1 aromatic heterocycles. The first kappa shape index (κ1) is 14.8. The smallest absolute Gasteiger partial charge is 0.251 e. The fraction of sp³-hybridized carbons (Fsp3) is 0.200. The zero-order valence-corrected chi connectivity index (χ0v) is 11.2. The molecule has 0 radical (unpaired) electrons. The van der Waals surface area contributed by atoms with Crippen molar-refractivity contribution < 1.29 is 14.3 Å². The van der Waals surface area contributed by atoms with Crippen LogP contribution in [0.25, 0.3) is 0 Å². The Bertz CT molecular complexity index is 672. The number of hydrogen-bond donors (Lipinski definition) is 3. The number of rotatable bonds is 4. The maximum absolute atomic E-state index is 13.8. The zero-order chi connectivity index (χ0) is 15.1. The molecular weight excluding hydrogens is 273 g/mol. The third-order valence-electron chi connectivity index (χ3n) is 2.66. The van der Waals surface area contributed by atoms with E-state index >= 15 is 0 Å². The molecule has 21 heavy (non-hydrogen) atoms. The molecule has 0 spiro atoms. The molecule has 0 aliphatic rings. The lowest BCUT2D eigenvalue weighted by atomic mass is 10.1. The van der Waals surface area contributed by atoms with Gasteiger partial charge in [0.05, 0.1) is 18.7 Å². The monoisotopic (exact) mass is 287 g/mol. The molecular formula is C15H14FN3O2. The van der Waals surface area contributed by atoms with E-state index in [2.05, 4.69) is 27.1 Å². The number of aromatic amines is 1. The number of aliphatic hydroxyl groups is 1. The molecule has 3 N–H and O–H groups in total. The summed E-state index contributed by atoms with van der Waals surface area (Å²) in [6.45, 7) is 0.174. The summed E-state index contributed by atoms with van der Waals surface area (Å²) in [6, 6.07) is 4.09. The number of aromatic nitrogens is 2. The standard InChI is InChI=1S/C15H14FN3O2/c16-13-9-12(5-4-11(13)3-1-2-8-20)15(21)19-10-14-17-6-7-18-14/h4-7,9,20H,2,8,10H2,(H,17,18)(H,19,21). The first-order valence-electron chi connectivity index (χ1n) is 6.36. The van der Waals surface area contributed by atoms with Gasteiger partial charge >= 0.3 is 0 Å². The minimum Gasteiger partial charge on any atom is -0.395 e. The van der Waals surface area contributed by atoms with Gasteiger partial charge in [0.15, 0.2) is 0 Å². The van der Waals surface area contributed by atoms with Crippen molar-refractivity contribution in [2.24, 2.45) is 0 Å². The summed E-state index contributed by atoms with van der Waals surface area (Å²) in [6.07, 6.45) is 3.52. The molecule has 0 bridgehead atoms. The maximum atomic E-state index is 13.8. The Hall–Kier alpha value is -2.65. The zero-order valence-electron chi connectivity index (χ0n) is 11.2. The van der Waals surface area contributed by atoms with E-state index in [1.165, 1.54) is 12.1 Å². The van der Waals surface area contributed by atoms with Crippen LogP contribution in [0.1, 0.15) is 28.2 Å². The van der Waals surface area contributed by atoms with Gasteiger partial charge in [0.25, 0.3) is 5.91 Å². The van der Waals surface area contributed by atoms with Crippen molar-refractivity contribution in [3.63, 3.8) is 0 Å². The van der Waals surface area contributed by atoms with E-state index in [4.69, 9.17) is 5.11 Å². The van der Waals surface area contributed by atoms with Gasteiger partial charge < -0.3 is 15.4 Å². The van der Waals surface area contributed by atoms with E-state index in [-0.39, 0.29) is 36.6 Å². The van der Waals surface area contributed by atoms with Crippen LogP contribution in [0, 0.1) is 17.7 Å². The summed E-state index contributed by atoms with van der Waals surface area (Å²) in [4.78, 5) is 18.7. The summed E-state index contributed by atoms with van der Waals surface area (Å²) in [7, 11) is 0. The highest BCUT2D eigenvalue weighted by Crippen LogP contribution is 2.09. The van der Waals surface area contributed by atoms with Crippen molar-refractivity contribution in [3.05, 3.63) is 53.4 Å². The Kier molecular flexibility index (Phi) is 5.07. The van der Waals surface area contributed by atoms with Crippen LogP contribution in [0.4, 0.5) is 4.39 Å². The largest absolute Gasteiger partial charge is 0.395 e. The summed E-state index contributed by atoms with van der Waals surface area (Å²) in [5.41, 5.74) is 0.415. The van der Waals surface area contributed by atoms with E-state index in [1.807, 2.05) is 0 Å². The van der Waals surface area contributed by atoms with Gasteiger partial charge in [-0.3, -0.25) is 4.79 Å². The molecule has 5 nitrogen and oxygen atoms in total. The Morgan fingerprint density at radius 3 is 3.00 bits per heavy atom. The third-order valence-corrected chi connectivity index (χ3v) is 2.66. The van der Waals surface area contributed by atoms with Crippen molar-refractivity contribution in [2.75, 3.05) is 6.61 Å². The number of imidazole rings is 1. The van der Waals surface area contributed by atoms with Gasteiger partial charge in [0.1, 0.15) is 11.6 Å². The highest BCUT2D eigenvalue weighted by molar-refractivity contribution is 5.94. The van der Waals surface area contributed by atoms with Crippen LogP contribution in [-0.2, 0) is 6.54 Å². The van der Waals surface area contributed by atoms with E-state index < -0.39 is 5.82 Å². The molecule has 0 saturated heterocycles. The number of halogens is 1. The van der Waals surface area contributed by atoms with Gasteiger partial charge in [-0.2, -0.15) is 0 Å². The highest BCUT2D eigenvalue weighted by Gasteiger charge is 2.09. The van der Waals surface area contributed by atoms with Crippen LogP contribution in [0.2, 0.25) is 0 Å². The number of nitrogens with one attached hydrogen (secondary N) is 2. The van der Waals surface area contributed by atoms with Crippen molar-refractivity contribution >= 4 is 5.91 Å². The number of carbonyl (C=O) groups excluding carboxylic acids is 1. The topological polar surface area (TPSA) is 78.0 Å². The highest BCUT2D eigenvalue weighted by atomic mass is 19.1. The van der Waals surface area contributed by atoms with Crippen molar-refractivity contribution in [2.45, 2.75) is 13.0 Å². The van der Waals surface area contributed by atoms with Crippen LogP contribution in [0.3, 0.4) is 0 Å². The fourth-order valence-electron chi connectivity index (χ4n) is 1.63. The SMILES string of the molecule is O=C(NCc1ncc[nH]1)c1ccc(C#CCCO)c(F)c1. The Morgan fingerprint density at radius 1 is 1.48 bits per heavy atom. The lowest BCUT2D eigenvalue weighted by molar-refractivity contribution is 0.0949. The number of benzene rings is 1. The van der Waals surface area contributed by atoms with Crippen LogP contribution in [0.5, 0.6) is 0 Å². The molecule has 0 atom stereocenters. The minimum absolute atomic E-state index is 0.0676. The number of carbonyl (C=O) groups is 1. The normalized spacial score (nSPS) is 9.81. The molecule has 1 amide bonds. The van der Waals surface area contributed by atoms with E-state index in [0.29, 0.717) is 5.82 Å². The maximum Gasteiger partial charge on any atom is 0.251 e. The second-order valence-electron chi connectivity index (χ2n) is 4.19. The molecule has 0 fully saturated rings. The number of amides is 1. The summed E-state index contributed by atoms with van der Waals surface area (Å²) < 4.78 is 13.8. The Morgan fingerprint density at radius 2 is 2.33 bits per heavy atom. The Labute approximate surface area is 121 Å². The van der Waals surface area contributed by atoms with Gasteiger partial charge in [0.2, 0.25) is 0 Å². The number of nitrogens with zero attached hydrogens (tertiary/aromatic N) is 1. The van der Waals surface area contributed by atoms with E-state index in [1.54, 1.807) is 12.4 Å². The Balaban J connectivity index is 2.02. The molecule has 1 aromatic carbocycles. The molecule has 108 valence electrons. The summed E-state index contributed by atoms with van der Waals surface area (Å²) >= 11 is 0. The van der Waals surface area contributed by atoms with Crippen LogP contribution < -0.4 is 5.32 Å². The van der Waals surface area contributed by atoms with Crippen LogP contribution in [0.15, 0.2) is 30.6 Å². The predicted molar refractivity (Wildman–Crippen MR) is 74.7 cm³/mol. The van der Waals surface area contributed by atoms with Crippen molar-refractivity contribution in [1.82, 2.24) is 15.3 Å². The number of H-pyrrole nitrogens is 1. The predicted octanol–water partition coefficient (Wildman–Crippen LogP) is 1.21. The van der Waals surface area contributed by atoms with Gasteiger partial charge in [-0.25, -0.2) is 9.37 Å². The average molecular weight is 287 g/mol. The molecule has 2 aromatic rings. The lowest BCUT2D eigenvalue weighted by Gasteiger charge is -2.04. The van der Waals surface area contributed by atoms with E-state index in [0.717, 1.165) is 6.07 Å². The van der Waals surface area contributed by atoms with Crippen molar-refractivity contribution in [3.8, 4) is 11.8 Å². The molecule has 0 aliphatic carbocycles. The van der Waals surface area contributed by atoms with Gasteiger partial charge in [-0.15, -0.1) is 0 Å². The van der Waals surface area contributed by atoms with Gasteiger partial charge in [-0.05, 0) is 18.2 Å². The summed E-state index contributed by atoms with van der Waals surface area (Å²) in [5, 5.41) is 11.2. The fourth-order valence-corrected chi connectivity index (χ4v) is 1.63. The van der Waals surface area contributed by atoms with Gasteiger partial charge in [0, 0.05) is 24.4 Å². The first-order valence-corrected chi connectivity index (χ1v) is 6.36. The lowest BCUT2D eigenvalue weighted by Crippen LogP contribution is -2.23. The number of aliphatic hydroxyl groups excluding tert-OH is 1. The quantitative estimate of drug-likeness (QED) is 0.740.